The number of nitrogens with zero attached hydrogens (tertiary/aromatic N) is 1. The summed E-state index contributed by atoms with van der Waals surface area (Å²) in [5, 5.41) is 2.36. The van der Waals surface area contributed by atoms with E-state index in [1.165, 1.54) is 6.07 Å². The van der Waals surface area contributed by atoms with E-state index in [0.29, 0.717) is 5.69 Å². The second-order valence-corrected chi connectivity index (χ2v) is 6.73. The number of nitrogens with one attached hydrogen (secondary N) is 3. The molecule has 1 saturated heterocycles. The number of carbonyl (C=O) groups excluding carboxylic acids is 4. The normalized spacial score (nSPS) is 16.3. The average Bonchev–Trinajstić information content (AvgIpc) is 2.67. The average molecular weight is 413 g/mol. The van der Waals surface area contributed by atoms with Crippen LogP contribution in [0.3, 0.4) is 0 Å². The third-order valence-corrected chi connectivity index (χ3v) is 4.59. The number of carbonyl (C=O) groups is 4. The topological polar surface area (TPSA) is 108 Å². The highest BCUT2D eigenvalue weighted by atomic mass is 35.5. The van der Waals surface area contributed by atoms with E-state index in [2.05, 4.69) is 22.7 Å². The molecule has 5 amide bonds. The Morgan fingerprint density at radius 2 is 1.72 bits per heavy atom. The molecule has 2 aromatic carbocycles. The first-order chi connectivity index (χ1) is 13.8. The third-order valence-electron chi connectivity index (χ3n) is 4.26. The number of hydrogen-bond acceptors (Lipinski definition) is 5. The molecule has 0 aromatic heterocycles. The molecule has 3 N–H and O–H groups in total. The van der Waals surface area contributed by atoms with Gasteiger partial charge >= 0.3 is 6.03 Å². The van der Waals surface area contributed by atoms with Crippen molar-refractivity contribution in [1.82, 2.24) is 16.2 Å². The van der Waals surface area contributed by atoms with Crippen molar-refractivity contribution in [3.05, 3.63) is 77.0 Å². The van der Waals surface area contributed by atoms with Crippen LogP contribution in [0.5, 0.6) is 0 Å². The van der Waals surface area contributed by atoms with Crippen LogP contribution in [0, 0.1) is 12.8 Å². The summed E-state index contributed by atoms with van der Waals surface area (Å²) in [5.74, 6) is -3.62. The zero-order valence-electron chi connectivity index (χ0n) is 15.4. The third kappa shape index (κ3) is 4.12. The zero-order valence-corrected chi connectivity index (χ0v) is 16.1. The van der Waals surface area contributed by atoms with Gasteiger partial charge < -0.3 is 5.43 Å². The predicted molar refractivity (Wildman–Crippen MR) is 107 cm³/mol. The number of anilines is 1. The molecule has 0 saturated carbocycles. The summed E-state index contributed by atoms with van der Waals surface area (Å²) in [6, 6.07) is 12.2. The minimum atomic E-state index is -1.42. The van der Waals surface area contributed by atoms with Crippen molar-refractivity contribution in [2.75, 3.05) is 4.90 Å². The fourth-order valence-electron chi connectivity index (χ4n) is 2.74. The van der Waals surface area contributed by atoms with Crippen LogP contribution < -0.4 is 21.1 Å². The molecule has 9 heteroatoms. The summed E-state index contributed by atoms with van der Waals surface area (Å²) in [6.45, 7) is 5.52. The van der Waals surface area contributed by atoms with E-state index in [1.54, 1.807) is 42.5 Å². The molecule has 8 nitrogen and oxygen atoms in total. The van der Waals surface area contributed by atoms with Crippen molar-refractivity contribution in [2.24, 2.45) is 5.92 Å². The summed E-state index contributed by atoms with van der Waals surface area (Å²) >= 11 is 5.97. The molecule has 0 unspecified atom stereocenters. The maximum atomic E-state index is 12.9. The number of benzene rings is 2. The number of aryl methyl sites for hydroxylation is 1. The van der Waals surface area contributed by atoms with Crippen molar-refractivity contribution in [2.45, 2.75) is 6.92 Å². The van der Waals surface area contributed by atoms with Crippen LogP contribution in [0.15, 0.2) is 60.8 Å². The van der Waals surface area contributed by atoms with Crippen molar-refractivity contribution in [3.8, 4) is 0 Å². The Balaban J connectivity index is 1.75. The van der Waals surface area contributed by atoms with Gasteiger partial charge in [-0.3, -0.25) is 25.1 Å². The van der Waals surface area contributed by atoms with Crippen molar-refractivity contribution in [1.29, 1.82) is 0 Å². The van der Waals surface area contributed by atoms with Gasteiger partial charge in [-0.25, -0.2) is 9.69 Å². The zero-order chi connectivity index (χ0) is 21.1. The Kier molecular flexibility index (Phi) is 5.65. The van der Waals surface area contributed by atoms with Gasteiger partial charge in [-0.2, -0.15) is 0 Å². The number of imide groups is 2. The van der Waals surface area contributed by atoms with E-state index in [0.717, 1.165) is 10.5 Å². The molecule has 0 radical (unpaired) electrons. The lowest BCUT2D eigenvalue weighted by Gasteiger charge is -2.31. The van der Waals surface area contributed by atoms with Crippen LogP contribution in [0.2, 0.25) is 5.02 Å². The maximum absolute atomic E-state index is 12.9. The summed E-state index contributed by atoms with van der Waals surface area (Å²) in [4.78, 5) is 50.4. The Morgan fingerprint density at radius 1 is 1.07 bits per heavy atom. The van der Waals surface area contributed by atoms with Crippen LogP contribution in [-0.4, -0.2) is 23.8 Å². The van der Waals surface area contributed by atoms with E-state index in [-0.39, 0.29) is 16.3 Å². The molecule has 1 aliphatic heterocycles. The van der Waals surface area contributed by atoms with Gasteiger partial charge in [0.15, 0.2) is 5.92 Å². The van der Waals surface area contributed by atoms with Gasteiger partial charge in [0.25, 0.3) is 11.8 Å². The molecule has 0 bridgehead atoms. The largest absolute Gasteiger partial charge is 0.335 e. The number of barbiturate groups is 1. The number of amides is 5. The number of urea groups is 1. The Hall–Kier alpha value is -3.65. The molecule has 0 aliphatic carbocycles. The molecule has 29 heavy (non-hydrogen) atoms. The summed E-state index contributed by atoms with van der Waals surface area (Å²) in [7, 11) is 0. The van der Waals surface area contributed by atoms with Crippen LogP contribution >= 0.6 is 11.6 Å². The first-order valence-electron chi connectivity index (χ1n) is 8.54. The molecular weight excluding hydrogens is 396 g/mol. The van der Waals surface area contributed by atoms with Gasteiger partial charge in [0.1, 0.15) is 0 Å². The Bertz CT molecular complexity index is 1020. The molecule has 148 valence electrons. The number of rotatable bonds is 5. The van der Waals surface area contributed by atoms with Crippen LogP contribution in [-0.2, 0) is 9.59 Å². The molecule has 1 aliphatic rings. The van der Waals surface area contributed by atoms with E-state index in [9.17, 15) is 19.2 Å². The highest BCUT2D eigenvalue weighted by molar-refractivity contribution is 6.33. The fraction of sp³-hybridized carbons (Fsp3) is 0.100. The van der Waals surface area contributed by atoms with E-state index < -0.39 is 29.7 Å². The van der Waals surface area contributed by atoms with Gasteiger partial charge in [0.05, 0.1) is 16.3 Å². The summed E-state index contributed by atoms with van der Waals surface area (Å²) in [6.07, 6.45) is 0. The van der Waals surface area contributed by atoms with Gasteiger partial charge in [-0.15, -0.1) is 0 Å². The molecule has 3 rings (SSSR count). The summed E-state index contributed by atoms with van der Waals surface area (Å²) in [5.41, 5.74) is 6.16. The lowest BCUT2D eigenvalue weighted by molar-refractivity contribution is -0.132. The second kappa shape index (κ2) is 8.15. The smallest absolute Gasteiger partial charge is 0.302 e. The Labute approximate surface area is 171 Å². The van der Waals surface area contributed by atoms with E-state index in [1.807, 2.05) is 6.92 Å². The predicted octanol–water partition coefficient (Wildman–Crippen LogP) is 2.30. The second-order valence-electron chi connectivity index (χ2n) is 6.32. The minimum Gasteiger partial charge on any atom is -0.302 e. The molecule has 2 aromatic rings. The number of halogens is 1. The first-order valence-corrected chi connectivity index (χ1v) is 8.92. The Morgan fingerprint density at radius 3 is 2.38 bits per heavy atom. The standard InChI is InChI=1S/C20H17ClN4O4/c1-11-7-9-13(10-8-11)25-19(28)16(18(27)22-20(25)29)12(2)23-24-17(26)14-5-3-4-6-15(14)21/h3-10,16,23H,2H2,1H3,(H,24,26)(H,22,27,29)/t16-/m0/s1. The molecule has 1 fully saturated rings. The monoisotopic (exact) mass is 412 g/mol. The van der Waals surface area contributed by atoms with Crippen molar-refractivity contribution >= 4 is 41.0 Å². The van der Waals surface area contributed by atoms with Crippen molar-refractivity contribution < 1.29 is 19.2 Å². The van der Waals surface area contributed by atoms with Crippen LogP contribution in [0.1, 0.15) is 15.9 Å². The SMILES string of the molecule is C=C(NNC(=O)c1ccccc1Cl)[C@H]1C(=O)NC(=O)N(c2ccc(C)cc2)C1=O. The summed E-state index contributed by atoms with van der Waals surface area (Å²) < 4.78 is 0. The molecule has 0 spiro atoms. The quantitative estimate of drug-likeness (QED) is 0.516. The van der Waals surface area contributed by atoms with Crippen LogP contribution in [0.25, 0.3) is 0 Å². The minimum absolute atomic E-state index is 0.0995. The van der Waals surface area contributed by atoms with Gasteiger partial charge in [-0.05, 0) is 31.2 Å². The fourth-order valence-corrected chi connectivity index (χ4v) is 2.96. The highest BCUT2D eigenvalue weighted by Crippen LogP contribution is 2.23. The molecule has 1 heterocycles. The van der Waals surface area contributed by atoms with Crippen molar-refractivity contribution in [3.63, 3.8) is 0 Å². The van der Waals surface area contributed by atoms with Crippen LogP contribution in [0.4, 0.5) is 10.5 Å². The number of hydrogen-bond donors (Lipinski definition) is 3. The van der Waals surface area contributed by atoms with E-state index in [4.69, 9.17) is 11.6 Å². The molecule has 1 atom stereocenters. The van der Waals surface area contributed by atoms with E-state index >= 15 is 0 Å². The lowest BCUT2D eigenvalue weighted by atomic mass is 10.0. The van der Waals surface area contributed by atoms with Gasteiger partial charge in [0.2, 0.25) is 5.91 Å². The molecular formula is C20H17ClN4O4. The first kappa shape index (κ1) is 20.1. The lowest BCUT2D eigenvalue weighted by Crippen LogP contribution is -2.60. The number of hydrazine groups is 1. The van der Waals surface area contributed by atoms with Gasteiger partial charge in [-0.1, -0.05) is 48.0 Å². The highest BCUT2D eigenvalue weighted by Gasteiger charge is 2.43. The van der Waals surface area contributed by atoms with Gasteiger partial charge in [0, 0.05) is 5.70 Å². The maximum Gasteiger partial charge on any atom is 0.335 e.